The zero-order valence-corrected chi connectivity index (χ0v) is 11.7. The molecular weight excluding hydrogens is 264 g/mol. The highest BCUT2D eigenvalue weighted by Gasteiger charge is 2.25. The van der Waals surface area contributed by atoms with Crippen molar-refractivity contribution in [1.82, 2.24) is 0 Å². The summed E-state index contributed by atoms with van der Waals surface area (Å²) in [4.78, 5) is 12.5. The van der Waals surface area contributed by atoms with Gasteiger partial charge in [0, 0.05) is 0 Å². The van der Waals surface area contributed by atoms with Gasteiger partial charge in [0.2, 0.25) is 0 Å². The van der Waals surface area contributed by atoms with E-state index in [0.717, 1.165) is 12.8 Å². The Morgan fingerprint density at radius 1 is 1.05 bits per heavy atom. The molecule has 0 bridgehead atoms. The number of carbonyl (C=O) groups excluding carboxylic acids is 1. The van der Waals surface area contributed by atoms with Gasteiger partial charge in [0.25, 0.3) is 0 Å². The van der Waals surface area contributed by atoms with Gasteiger partial charge in [-0.3, -0.25) is 4.79 Å². The molecule has 0 aromatic heterocycles. The number of hydrogen-bond acceptors (Lipinski definition) is 3. The molecule has 3 heteroatoms. The minimum Gasteiger partial charge on any atom is -0.490 e. The molecule has 3 nitrogen and oxygen atoms in total. The van der Waals surface area contributed by atoms with Crippen LogP contribution in [0.25, 0.3) is 0 Å². The standard InChI is InChI=1S/C18H18O3/c19-17(13-7-2-1-3-8-13)18(20)15-11-4-5-12-16(15)21-14-9-6-10-14/h1-5,7-8,11-12,14,17,19H,6,9-10H2. The molecule has 1 aliphatic carbocycles. The maximum absolute atomic E-state index is 12.5. The van der Waals surface area contributed by atoms with Crippen molar-refractivity contribution in [3.05, 3.63) is 65.7 Å². The molecule has 0 saturated heterocycles. The molecule has 0 amide bonds. The van der Waals surface area contributed by atoms with Crippen LogP contribution in [0.5, 0.6) is 5.75 Å². The van der Waals surface area contributed by atoms with E-state index in [1.54, 1.807) is 30.3 Å². The van der Waals surface area contributed by atoms with E-state index in [9.17, 15) is 9.90 Å². The van der Waals surface area contributed by atoms with E-state index < -0.39 is 6.10 Å². The van der Waals surface area contributed by atoms with E-state index >= 15 is 0 Å². The van der Waals surface area contributed by atoms with Crippen molar-refractivity contribution in [2.75, 3.05) is 0 Å². The molecule has 3 rings (SSSR count). The number of carbonyl (C=O) groups is 1. The summed E-state index contributed by atoms with van der Waals surface area (Å²) in [5, 5.41) is 10.3. The van der Waals surface area contributed by atoms with Crippen molar-refractivity contribution in [2.24, 2.45) is 0 Å². The van der Waals surface area contributed by atoms with Crippen LogP contribution in [-0.4, -0.2) is 17.0 Å². The topological polar surface area (TPSA) is 46.5 Å². The summed E-state index contributed by atoms with van der Waals surface area (Å²) in [7, 11) is 0. The van der Waals surface area contributed by atoms with Crippen LogP contribution in [0.2, 0.25) is 0 Å². The molecule has 2 aromatic carbocycles. The van der Waals surface area contributed by atoms with Gasteiger partial charge in [0.15, 0.2) is 5.78 Å². The van der Waals surface area contributed by atoms with Crippen LogP contribution >= 0.6 is 0 Å². The molecule has 0 spiro atoms. The molecule has 108 valence electrons. The van der Waals surface area contributed by atoms with Crippen molar-refractivity contribution >= 4 is 5.78 Å². The third kappa shape index (κ3) is 2.98. The Kier molecular flexibility index (Phi) is 4.02. The number of para-hydroxylation sites is 1. The lowest BCUT2D eigenvalue weighted by molar-refractivity contribution is 0.0730. The van der Waals surface area contributed by atoms with E-state index in [4.69, 9.17) is 4.74 Å². The van der Waals surface area contributed by atoms with E-state index in [1.807, 2.05) is 24.3 Å². The maximum atomic E-state index is 12.5. The van der Waals surface area contributed by atoms with Gasteiger partial charge in [-0.15, -0.1) is 0 Å². The highest BCUT2D eigenvalue weighted by Crippen LogP contribution is 2.30. The lowest BCUT2D eigenvalue weighted by atomic mass is 9.95. The van der Waals surface area contributed by atoms with E-state index in [1.165, 1.54) is 6.42 Å². The zero-order chi connectivity index (χ0) is 14.7. The number of Topliss-reactive ketones (excluding diaryl/α,β-unsaturated/α-hetero) is 1. The Morgan fingerprint density at radius 3 is 2.38 bits per heavy atom. The van der Waals surface area contributed by atoms with Crippen LogP contribution < -0.4 is 4.74 Å². The second kappa shape index (κ2) is 6.10. The quantitative estimate of drug-likeness (QED) is 0.853. The van der Waals surface area contributed by atoms with E-state index in [0.29, 0.717) is 16.9 Å². The van der Waals surface area contributed by atoms with E-state index in [2.05, 4.69) is 0 Å². The second-order valence-corrected chi connectivity index (χ2v) is 5.34. The number of aliphatic hydroxyl groups is 1. The molecule has 0 aliphatic heterocycles. The molecule has 2 aromatic rings. The minimum absolute atomic E-state index is 0.202. The van der Waals surface area contributed by atoms with Gasteiger partial charge in [0.1, 0.15) is 11.9 Å². The molecule has 1 N–H and O–H groups in total. The summed E-state index contributed by atoms with van der Waals surface area (Å²) in [6.07, 6.45) is 2.28. The first-order valence-electron chi connectivity index (χ1n) is 7.28. The van der Waals surface area contributed by atoms with Gasteiger partial charge in [-0.05, 0) is 37.0 Å². The fourth-order valence-corrected chi connectivity index (χ4v) is 2.38. The Labute approximate surface area is 124 Å². The summed E-state index contributed by atoms with van der Waals surface area (Å²) >= 11 is 0. The van der Waals surface area contributed by atoms with Crippen LogP contribution in [-0.2, 0) is 0 Å². The Morgan fingerprint density at radius 2 is 1.71 bits per heavy atom. The Hall–Kier alpha value is -2.13. The predicted octanol–water partition coefficient (Wildman–Crippen LogP) is 3.53. The SMILES string of the molecule is O=C(c1ccccc1OC1CCC1)C(O)c1ccccc1. The molecule has 1 fully saturated rings. The summed E-state index contributed by atoms with van der Waals surface area (Å²) < 4.78 is 5.86. The number of rotatable bonds is 5. The third-order valence-electron chi connectivity index (χ3n) is 3.86. The van der Waals surface area contributed by atoms with Crippen molar-refractivity contribution in [3.8, 4) is 5.75 Å². The molecule has 0 radical (unpaired) electrons. The lowest BCUT2D eigenvalue weighted by Gasteiger charge is -2.27. The molecule has 1 aliphatic rings. The number of ketones is 1. The smallest absolute Gasteiger partial charge is 0.199 e. The minimum atomic E-state index is -1.16. The normalized spacial score (nSPS) is 16.0. The van der Waals surface area contributed by atoms with Gasteiger partial charge >= 0.3 is 0 Å². The van der Waals surface area contributed by atoms with Crippen molar-refractivity contribution in [1.29, 1.82) is 0 Å². The number of benzene rings is 2. The first kappa shape index (κ1) is 13.8. The predicted molar refractivity (Wildman–Crippen MR) is 80.4 cm³/mol. The lowest BCUT2D eigenvalue weighted by Crippen LogP contribution is -2.25. The second-order valence-electron chi connectivity index (χ2n) is 5.34. The number of ether oxygens (including phenoxy) is 1. The average Bonchev–Trinajstić information content (AvgIpc) is 2.51. The van der Waals surface area contributed by atoms with Crippen molar-refractivity contribution < 1.29 is 14.6 Å². The van der Waals surface area contributed by atoms with Gasteiger partial charge < -0.3 is 9.84 Å². The van der Waals surface area contributed by atoms with Gasteiger partial charge in [-0.2, -0.15) is 0 Å². The van der Waals surface area contributed by atoms with Gasteiger partial charge in [-0.1, -0.05) is 42.5 Å². The van der Waals surface area contributed by atoms with Crippen LogP contribution in [0.1, 0.15) is 41.3 Å². The van der Waals surface area contributed by atoms with Crippen LogP contribution in [0.15, 0.2) is 54.6 Å². The average molecular weight is 282 g/mol. The van der Waals surface area contributed by atoms with Crippen molar-refractivity contribution in [3.63, 3.8) is 0 Å². The monoisotopic (exact) mass is 282 g/mol. The fraction of sp³-hybridized carbons (Fsp3) is 0.278. The largest absolute Gasteiger partial charge is 0.490 e. The summed E-state index contributed by atoms with van der Waals surface area (Å²) in [5.41, 5.74) is 1.04. The van der Waals surface area contributed by atoms with E-state index in [-0.39, 0.29) is 11.9 Å². The number of aliphatic hydroxyl groups excluding tert-OH is 1. The first-order valence-corrected chi connectivity index (χ1v) is 7.28. The molecule has 21 heavy (non-hydrogen) atoms. The molecular formula is C18H18O3. The Bertz CT molecular complexity index is 617. The van der Waals surface area contributed by atoms with Crippen LogP contribution in [0, 0.1) is 0 Å². The van der Waals surface area contributed by atoms with Crippen LogP contribution in [0.3, 0.4) is 0 Å². The highest BCUT2D eigenvalue weighted by atomic mass is 16.5. The summed E-state index contributed by atoms with van der Waals surface area (Å²) in [6.45, 7) is 0. The Balaban J connectivity index is 1.83. The summed E-state index contributed by atoms with van der Waals surface area (Å²) in [6, 6.07) is 16.1. The molecule has 1 saturated carbocycles. The maximum Gasteiger partial charge on any atom is 0.199 e. The van der Waals surface area contributed by atoms with Crippen molar-refractivity contribution in [2.45, 2.75) is 31.5 Å². The number of hydrogen-bond donors (Lipinski definition) is 1. The molecule has 1 unspecified atom stereocenters. The fourth-order valence-electron chi connectivity index (χ4n) is 2.38. The van der Waals surface area contributed by atoms with Crippen LogP contribution in [0.4, 0.5) is 0 Å². The van der Waals surface area contributed by atoms with Gasteiger partial charge in [-0.25, -0.2) is 0 Å². The van der Waals surface area contributed by atoms with Gasteiger partial charge in [0.05, 0.1) is 11.7 Å². The molecule has 0 heterocycles. The highest BCUT2D eigenvalue weighted by molar-refractivity contribution is 6.02. The molecule has 1 atom stereocenters. The summed E-state index contributed by atoms with van der Waals surface area (Å²) in [5.74, 6) is 0.248. The third-order valence-corrected chi connectivity index (χ3v) is 3.86. The zero-order valence-electron chi connectivity index (χ0n) is 11.7. The first-order chi connectivity index (χ1) is 10.3.